The van der Waals surface area contributed by atoms with Crippen molar-refractivity contribution in [1.29, 1.82) is 0 Å². The van der Waals surface area contributed by atoms with Crippen LogP contribution >= 0.6 is 23.7 Å². The number of benzene rings is 1. The molecule has 2 aromatic rings. The Kier molecular flexibility index (Phi) is 11.0. The summed E-state index contributed by atoms with van der Waals surface area (Å²) in [4.78, 5) is 44.4. The average molecular weight is 469 g/mol. The van der Waals surface area contributed by atoms with Crippen LogP contribution in [0.4, 0.5) is 0 Å². The van der Waals surface area contributed by atoms with Gasteiger partial charge in [0.25, 0.3) is 5.91 Å². The molecule has 0 aliphatic rings. The van der Waals surface area contributed by atoms with Crippen LogP contribution in [0.15, 0.2) is 40.7 Å². The van der Waals surface area contributed by atoms with E-state index in [9.17, 15) is 14.4 Å². The maximum atomic E-state index is 12.3. The minimum absolute atomic E-state index is 0. The van der Waals surface area contributed by atoms with Crippen LogP contribution in [0.5, 0.6) is 0 Å². The van der Waals surface area contributed by atoms with E-state index < -0.39 is 23.8 Å². The first-order valence-electron chi connectivity index (χ1n) is 9.17. The van der Waals surface area contributed by atoms with Gasteiger partial charge >= 0.3 is 5.97 Å². The van der Waals surface area contributed by atoms with Gasteiger partial charge in [0.15, 0.2) is 5.96 Å². The molecule has 31 heavy (non-hydrogen) atoms. The van der Waals surface area contributed by atoms with Crippen molar-refractivity contribution in [3.05, 3.63) is 52.0 Å². The molecule has 0 fully saturated rings. The zero-order chi connectivity index (χ0) is 21.9. The lowest BCUT2D eigenvalue weighted by molar-refractivity contribution is -0.143. The number of rotatable bonds is 10. The molecule has 0 radical (unpaired) electrons. The fourth-order valence-corrected chi connectivity index (χ4v) is 3.16. The molecule has 2 rings (SSSR count). The van der Waals surface area contributed by atoms with Crippen molar-refractivity contribution in [2.75, 3.05) is 13.2 Å². The van der Waals surface area contributed by atoms with Crippen molar-refractivity contribution < 1.29 is 19.1 Å². The molecule has 10 nitrogen and oxygen atoms in total. The van der Waals surface area contributed by atoms with Crippen LogP contribution in [-0.2, 0) is 20.9 Å². The quantitative estimate of drug-likeness (QED) is 0.228. The fourth-order valence-electron chi connectivity index (χ4n) is 2.47. The summed E-state index contributed by atoms with van der Waals surface area (Å²) < 4.78 is 4.98. The van der Waals surface area contributed by atoms with Gasteiger partial charge in [-0.15, -0.1) is 23.7 Å². The SMILES string of the molecule is CCOC(=O)CC(NC(=O)CNC(=O)c1csc(CN=C(N)N)n1)c1ccccc1.Cl. The van der Waals surface area contributed by atoms with Gasteiger partial charge in [-0.05, 0) is 12.5 Å². The molecule has 2 amide bonds. The molecule has 1 aromatic heterocycles. The lowest BCUT2D eigenvalue weighted by Gasteiger charge is -2.18. The lowest BCUT2D eigenvalue weighted by atomic mass is 10.0. The van der Waals surface area contributed by atoms with Crippen molar-refractivity contribution in [1.82, 2.24) is 15.6 Å². The molecular formula is C19H25ClN6O4S. The van der Waals surface area contributed by atoms with Crippen LogP contribution in [0.2, 0.25) is 0 Å². The zero-order valence-corrected chi connectivity index (χ0v) is 18.5. The van der Waals surface area contributed by atoms with Crippen LogP contribution in [0, 0.1) is 0 Å². The average Bonchev–Trinajstić information content (AvgIpc) is 3.20. The predicted molar refractivity (Wildman–Crippen MR) is 120 cm³/mol. The van der Waals surface area contributed by atoms with Crippen LogP contribution in [0.3, 0.4) is 0 Å². The van der Waals surface area contributed by atoms with Gasteiger partial charge in [0.2, 0.25) is 5.91 Å². The number of carbonyl (C=O) groups excluding carboxylic acids is 3. The summed E-state index contributed by atoms with van der Waals surface area (Å²) >= 11 is 1.23. The van der Waals surface area contributed by atoms with Crippen molar-refractivity contribution in [3.63, 3.8) is 0 Å². The molecule has 0 spiro atoms. The number of nitrogens with two attached hydrogens (primary N) is 2. The second-order valence-corrected chi connectivity index (χ2v) is 7.03. The first-order chi connectivity index (χ1) is 14.4. The summed E-state index contributed by atoms with van der Waals surface area (Å²) in [5.74, 6) is -1.44. The van der Waals surface area contributed by atoms with Crippen LogP contribution in [0.25, 0.3) is 0 Å². The number of ether oxygens (including phenoxy) is 1. The normalized spacial score (nSPS) is 10.9. The Bertz CT molecular complexity index is 902. The third-order valence-corrected chi connectivity index (χ3v) is 4.64. The Morgan fingerprint density at radius 1 is 1.23 bits per heavy atom. The van der Waals surface area contributed by atoms with E-state index in [2.05, 4.69) is 20.6 Å². The predicted octanol–water partition coefficient (Wildman–Crippen LogP) is 0.879. The number of guanidine groups is 1. The summed E-state index contributed by atoms with van der Waals surface area (Å²) in [5.41, 5.74) is 11.5. The van der Waals surface area contributed by atoms with Gasteiger partial charge in [-0.3, -0.25) is 14.4 Å². The Balaban J connectivity index is 0.00000480. The number of thiazole rings is 1. The molecule has 0 aliphatic carbocycles. The van der Waals surface area contributed by atoms with Crippen molar-refractivity contribution in [2.24, 2.45) is 16.5 Å². The number of hydrogen-bond donors (Lipinski definition) is 4. The highest BCUT2D eigenvalue weighted by atomic mass is 35.5. The van der Waals surface area contributed by atoms with Crippen LogP contribution in [-0.4, -0.2) is 41.9 Å². The Morgan fingerprint density at radius 3 is 2.58 bits per heavy atom. The van der Waals surface area contributed by atoms with E-state index in [0.29, 0.717) is 5.01 Å². The number of aromatic nitrogens is 1. The number of aliphatic imine (C=N–C) groups is 1. The number of esters is 1. The van der Waals surface area contributed by atoms with E-state index in [-0.39, 0.29) is 50.2 Å². The van der Waals surface area contributed by atoms with Gasteiger partial charge < -0.3 is 26.8 Å². The minimum atomic E-state index is -0.569. The van der Waals surface area contributed by atoms with E-state index in [0.717, 1.165) is 5.56 Å². The van der Waals surface area contributed by atoms with Crippen molar-refractivity contribution in [3.8, 4) is 0 Å². The zero-order valence-electron chi connectivity index (χ0n) is 16.9. The number of amides is 2. The van der Waals surface area contributed by atoms with E-state index in [1.54, 1.807) is 24.4 Å². The molecule has 168 valence electrons. The summed E-state index contributed by atoms with van der Waals surface area (Å²) in [6, 6.07) is 8.49. The largest absolute Gasteiger partial charge is 0.466 e. The molecule has 0 bridgehead atoms. The second kappa shape index (κ2) is 13.2. The van der Waals surface area contributed by atoms with E-state index in [1.165, 1.54) is 11.3 Å². The van der Waals surface area contributed by atoms with E-state index in [4.69, 9.17) is 16.2 Å². The number of nitrogens with zero attached hydrogens (tertiary/aromatic N) is 2. The fraction of sp³-hybridized carbons (Fsp3) is 0.316. The van der Waals surface area contributed by atoms with Crippen LogP contribution < -0.4 is 22.1 Å². The monoisotopic (exact) mass is 468 g/mol. The standard InChI is InChI=1S/C19H24N6O4S.ClH/c1-2-29-17(27)8-13(12-6-4-3-5-7-12)24-15(26)9-22-18(28)14-11-30-16(25-14)10-23-19(20)21;/h3-7,11,13H,2,8-10H2,1H3,(H,22,28)(H,24,26)(H4,20,21,23);1H. The highest BCUT2D eigenvalue weighted by molar-refractivity contribution is 7.09. The molecule has 1 aromatic carbocycles. The molecule has 12 heteroatoms. The van der Waals surface area contributed by atoms with Gasteiger partial charge in [0.1, 0.15) is 10.7 Å². The number of hydrogen-bond acceptors (Lipinski definition) is 7. The van der Waals surface area contributed by atoms with Gasteiger partial charge in [-0.25, -0.2) is 9.98 Å². The third kappa shape index (κ3) is 9.01. The van der Waals surface area contributed by atoms with Crippen molar-refractivity contribution >= 4 is 47.5 Å². The number of carbonyl (C=O) groups is 3. The van der Waals surface area contributed by atoms with Gasteiger partial charge in [-0.1, -0.05) is 30.3 Å². The molecule has 1 atom stereocenters. The Hall–Kier alpha value is -3.18. The van der Waals surface area contributed by atoms with Gasteiger partial charge in [0, 0.05) is 5.38 Å². The smallest absolute Gasteiger partial charge is 0.308 e. The summed E-state index contributed by atoms with van der Waals surface area (Å²) in [7, 11) is 0. The lowest BCUT2D eigenvalue weighted by Crippen LogP contribution is -2.39. The summed E-state index contributed by atoms with van der Waals surface area (Å²) in [6.45, 7) is 1.87. The van der Waals surface area contributed by atoms with E-state index in [1.807, 2.05) is 18.2 Å². The first-order valence-corrected chi connectivity index (χ1v) is 10.0. The molecule has 1 unspecified atom stereocenters. The molecule has 6 N–H and O–H groups in total. The molecule has 0 saturated carbocycles. The maximum Gasteiger partial charge on any atom is 0.308 e. The van der Waals surface area contributed by atoms with E-state index >= 15 is 0 Å². The summed E-state index contributed by atoms with van der Waals surface area (Å²) in [5, 5.41) is 7.37. The number of nitrogens with one attached hydrogen (secondary N) is 2. The molecule has 1 heterocycles. The third-order valence-electron chi connectivity index (χ3n) is 3.80. The summed E-state index contributed by atoms with van der Waals surface area (Å²) in [6.07, 6.45) is -0.0161. The first kappa shape index (κ1) is 25.9. The van der Waals surface area contributed by atoms with Gasteiger partial charge in [0.05, 0.1) is 32.2 Å². The Morgan fingerprint density at radius 2 is 1.94 bits per heavy atom. The number of halogens is 1. The van der Waals surface area contributed by atoms with Gasteiger partial charge in [-0.2, -0.15) is 0 Å². The highest BCUT2D eigenvalue weighted by Gasteiger charge is 2.20. The Labute approximate surface area is 189 Å². The molecule has 0 aliphatic heterocycles. The topological polar surface area (TPSA) is 162 Å². The van der Waals surface area contributed by atoms with Crippen LogP contribution in [0.1, 0.15) is 40.4 Å². The molecular weight excluding hydrogens is 444 g/mol. The minimum Gasteiger partial charge on any atom is -0.466 e. The van der Waals surface area contributed by atoms with Crippen molar-refractivity contribution in [2.45, 2.75) is 25.9 Å². The highest BCUT2D eigenvalue weighted by Crippen LogP contribution is 2.17. The molecule has 0 saturated heterocycles. The maximum absolute atomic E-state index is 12.3. The second-order valence-electron chi connectivity index (χ2n) is 6.09.